The largest absolute Gasteiger partial charge is 0.343 e. The average molecular weight is 426 g/mol. The fourth-order valence-corrected chi connectivity index (χ4v) is 4.16. The highest BCUT2D eigenvalue weighted by molar-refractivity contribution is 6.30. The molecular weight excluding hydrogens is 406 g/mol. The molecule has 0 spiro atoms. The van der Waals surface area contributed by atoms with Gasteiger partial charge in [0.05, 0.1) is 23.8 Å². The molecule has 152 valence electrons. The second-order valence-corrected chi connectivity index (χ2v) is 8.01. The van der Waals surface area contributed by atoms with Crippen LogP contribution in [-0.2, 0) is 17.8 Å². The molecule has 2 aromatic heterocycles. The highest BCUT2D eigenvalue weighted by Gasteiger charge is 2.13. The number of carbonyl (C=O) groups is 1. The summed E-state index contributed by atoms with van der Waals surface area (Å²) >= 11 is 6.15. The van der Waals surface area contributed by atoms with Crippen molar-refractivity contribution in [1.29, 1.82) is 0 Å². The fraction of sp³-hybridized carbons (Fsp3) is 0.0769. The normalized spacial score (nSPS) is 11.1. The summed E-state index contributed by atoms with van der Waals surface area (Å²) in [5.41, 5.74) is 4.81. The number of nitrogens with one attached hydrogen (secondary N) is 1. The third kappa shape index (κ3) is 4.16. The number of rotatable bonds is 5. The summed E-state index contributed by atoms with van der Waals surface area (Å²) in [4.78, 5) is 17.2. The van der Waals surface area contributed by atoms with E-state index < -0.39 is 0 Å². The number of pyridine rings is 1. The Labute approximate surface area is 185 Å². The van der Waals surface area contributed by atoms with Gasteiger partial charge >= 0.3 is 0 Å². The van der Waals surface area contributed by atoms with Crippen molar-refractivity contribution in [2.75, 3.05) is 5.32 Å². The highest BCUT2D eigenvalue weighted by atomic mass is 35.5. The third-order valence-corrected chi connectivity index (χ3v) is 5.57. The Morgan fingerprint density at radius 3 is 2.71 bits per heavy atom. The molecule has 2 heterocycles. The Kier molecular flexibility index (Phi) is 5.14. The van der Waals surface area contributed by atoms with Crippen LogP contribution in [-0.4, -0.2) is 15.5 Å². The molecular formula is C26H20ClN3O. The van der Waals surface area contributed by atoms with Crippen LogP contribution < -0.4 is 5.32 Å². The summed E-state index contributed by atoms with van der Waals surface area (Å²) in [5.74, 6) is -0.0669. The summed E-state index contributed by atoms with van der Waals surface area (Å²) < 4.78 is 2.17. The van der Waals surface area contributed by atoms with Crippen molar-refractivity contribution in [1.82, 2.24) is 9.55 Å². The Morgan fingerprint density at radius 2 is 1.81 bits per heavy atom. The third-order valence-electron chi connectivity index (χ3n) is 5.34. The molecule has 1 amide bonds. The van der Waals surface area contributed by atoms with Gasteiger partial charge in [-0.1, -0.05) is 60.1 Å². The van der Waals surface area contributed by atoms with Gasteiger partial charge in [-0.05, 0) is 41.5 Å². The minimum absolute atomic E-state index is 0.0669. The number of benzene rings is 3. The van der Waals surface area contributed by atoms with Crippen LogP contribution in [0.4, 0.5) is 5.69 Å². The van der Waals surface area contributed by atoms with Crippen molar-refractivity contribution in [2.24, 2.45) is 0 Å². The predicted molar refractivity (Wildman–Crippen MR) is 127 cm³/mol. The van der Waals surface area contributed by atoms with Crippen molar-refractivity contribution in [3.05, 3.63) is 107 Å². The highest BCUT2D eigenvalue weighted by Crippen LogP contribution is 2.24. The van der Waals surface area contributed by atoms with E-state index in [0.29, 0.717) is 12.2 Å². The van der Waals surface area contributed by atoms with E-state index >= 15 is 0 Å². The van der Waals surface area contributed by atoms with Gasteiger partial charge in [-0.2, -0.15) is 0 Å². The maximum Gasteiger partial charge on any atom is 0.228 e. The fourth-order valence-electron chi connectivity index (χ4n) is 3.94. The number of aromatic nitrogens is 2. The maximum atomic E-state index is 12.8. The van der Waals surface area contributed by atoms with E-state index in [1.807, 2.05) is 60.7 Å². The number of fused-ring (bicyclic) bond motifs is 2. The molecule has 0 atom stereocenters. The number of carbonyl (C=O) groups excluding carboxylic acids is 1. The molecule has 0 aliphatic carbocycles. The van der Waals surface area contributed by atoms with Crippen LogP contribution in [0.1, 0.15) is 11.1 Å². The van der Waals surface area contributed by atoms with E-state index in [0.717, 1.165) is 38.0 Å². The Balaban J connectivity index is 1.39. The van der Waals surface area contributed by atoms with Gasteiger partial charge in [0.1, 0.15) is 0 Å². The number of para-hydroxylation sites is 2. The lowest BCUT2D eigenvalue weighted by Gasteiger charge is -2.06. The zero-order chi connectivity index (χ0) is 21.2. The van der Waals surface area contributed by atoms with E-state index in [1.165, 1.54) is 0 Å². The van der Waals surface area contributed by atoms with Gasteiger partial charge in [-0.25, -0.2) is 0 Å². The Hall–Kier alpha value is -3.63. The average Bonchev–Trinajstić information content (AvgIpc) is 3.11. The summed E-state index contributed by atoms with van der Waals surface area (Å²) in [7, 11) is 0. The summed E-state index contributed by atoms with van der Waals surface area (Å²) in [6.07, 6.45) is 4.04. The van der Waals surface area contributed by atoms with Crippen LogP contribution >= 0.6 is 11.6 Å². The van der Waals surface area contributed by atoms with Crippen LogP contribution in [0.5, 0.6) is 0 Å². The minimum Gasteiger partial charge on any atom is -0.343 e. The van der Waals surface area contributed by atoms with Crippen LogP contribution in [0.3, 0.4) is 0 Å². The lowest BCUT2D eigenvalue weighted by Crippen LogP contribution is -2.14. The van der Waals surface area contributed by atoms with Crippen LogP contribution in [0, 0.1) is 0 Å². The first-order valence-corrected chi connectivity index (χ1v) is 10.5. The first-order valence-electron chi connectivity index (χ1n) is 10.1. The first-order chi connectivity index (χ1) is 15.2. The molecule has 5 aromatic rings. The molecule has 31 heavy (non-hydrogen) atoms. The van der Waals surface area contributed by atoms with Gasteiger partial charge in [0.25, 0.3) is 0 Å². The van der Waals surface area contributed by atoms with Gasteiger partial charge in [0, 0.05) is 34.1 Å². The molecule has 0 aliphatic rings. The lowest BCUT2D eigenvalue weighted by atomic mass is 10.1. The van der Waals surface area contributed by atoms with E-state index in [9.17, 15) is 4.79 Å². The number of hydrogen-bond acceptors (Lipinski definition) is 2. The summed E-state index contributed by atoms with van der Waals surface area (Å²) in [5, 5.41) is 5.78. The maximum absolute atomic E-state index is 12.8. The summed E-state index contributed by atoms with van der Waals surface area (Å²) in [6, 6.07) is 25.8. The molecule has 3 aromatic carbocycles. The summed E-state index contributed by atoms with van der Waals surface area (Å²) in [6.45, 7) is 0.692. The molecule has 5 heteroatoms. The molecule has 0 bridgehead atoms. The van der Waals surface area contributed by atoms with Gasteiger partial charge in [-0.3, -0.25) is 9.78 Å². The molecule has 0 aliphatic heterocycles. The van der Waals surface area contributed by atoms with Crippen molar-refractivity contribution >= 4 is 45.0 Å². The Morgan fingerprint density at radius 1 is 0.968 bits per heavy atom. The smallest absolute Gasteiger partial charge is 0.228 e. The zero-order valence-corrected chi connectivity index (χ0v) is 17.5. The van der Waals surface area contributed by atoms with E-state index in [4.69, 9.17) is 11.6 Å². The number of amides is 1. The van der Waals surface area contributed by atoms with Crippen LogP contribution in [0.25, 0.3) is 21.8 Å². The lowest BCUT2D eigenvalue weighted by molar-refractivity contribution is -0.115. The Bertz CT molecular complexity index is 1410. The molecule has 0 fully saturated rings. The van der Waals surface area contributed by atoms with Crippen LogP contribution in [0.15, 0.2) is 91.3 Å². The molecule has 0 saturated heterocycles. The van der Waals surface area contributed by atoms with Crippen molar-refractivity contribution in [3.8, 4) is 0 Å². The van der Waals surface area contributed by atoms with E-state index in [2.05, 4.69) is 39.3 Å². The van der Waals surface area contributed by atoms with Gasteiger partial charge < -0.3 is 9.88 Å². The second kappa shape index (κ2) is 8.25. The van der Waals surface area contributed by atoms with Crippen molar-refractivity contribution in [2.45, 2.75) is 13.0 Å². The predicted octanol–water partition coefficient (Wildman–Crippen LogP) is 6.07. The molecule has 0 saturated carbocycles. The van der Waals surface area contributed by atoms with E-state index in [-0.39, 0.29) is 12.3 Å². The monoisotopic (exact) mass is 425 g/mol. The molecule has 1 N–H and O–H groups in total. The first kappa shape index (κ1) is 19.3. The van der Waals surface area contributed by atoms with Crippen molar-refractivity contribution < 1.29 is 4.79 Å². The quantitative estimate of drug-likeness (QED) is 0.371. The van der Waals surface area contributed by atoms with Gasteiger partial charge in [0.15, 0.2) is 0 Å². The van der Waals surface area contributed by atoms with Crippen LogP contribution in [0.2, 0.25) is 5.02 Å². The molecule has 5 rings (SSSR count). The number of halogens is 1. The van der Waals surface area contributed by atoms with Gasteiger partial charge in [-0.15, -0.1) is 0 Å². The zero-order valence-electron chi connectivity index (χ0n) is 16.8. The van der Waals surface area contributed by atoms with Gasteiger partial charge in [0.2, 0.25) is 5.91 Å². The standard InChI is InChI=1S/C26H20ClN3O/c27-21-8-5-6-18(12-21)16-30-17-20(23-9-2-4-11-25(23)30)14-26(31)29-22-13-19-7-1-3-10-24(19)28-15-22/h1-13,15,17H,14,16H2,(H,29,31). The second-order valence-electron chi connectivity index (χ2n) is 7.57. The number of nitrogens with zero attached hydrogens (tertiary/aromatic N) is 2. The number of anilines is 1. The molecule has 0 radical (unpaired) electrons. The van der Waals surface area contributed by atoms with Crippen molar-refractivity contribution in [3.63, 3.8) is 0 Å². The number of hydrogen-bond donors (Lipinski definition) is 1. The topological polar surface area (TPSA) is 46.9 Å². The molecule has 4 nitrogen and oxygen atoms in total. The molecule has 0 unspecified atom stereocenters. The minimum atomic E-state index is -0.0669. The SMILES string of the molecule is O=C(Cc1cn(Cc2cccc(Cl)c2)c2ccccc12)Nc1cnc2ccccc2c1. The van der Waals surface area contributed by atoms with E-state index in [1.54, 1.807) is 6.20 Å².